The minimum atomic E-state index is 0.106. The summed E-state index contributed by atoms with van der Waals surface area (Å²) in [5.74, 6) is 0.904. The quantitative estimate of drug-likeness (QED) is 0.936. The highest BCUT2D eigenvalue weighted by atomic mass is 16.1. The van der Waals surface area contributed by atoms with Crippen molar-refractivity contribution >= 4 is 5.91 Å². The molecule has 0 unspecified atom stereocenters. The summed E-state index contributed by atoms with van der Waals surface area (Å²) >= 11 is 0. The summed E-state index contributed by atoms with van der Waals surface area (Å²) < 4.78 is 1.59. The topological polar surface area (TPSA) is 72.7 Å². The van der Waals surface area contributed by atoms with Gasteiger partial charge in [-0.3, -0.25) is 4.79 Å². The van der Waals surface area contributed by atoms with E-state index in [4.69, 9.17) is 0 Å². The van der Waals surface area contributed by atoms with Crippen LogP contribution < -0.4 is 5.32 Å². The summed E-state index contributed by atoms with van der Waals surface area (Å²) in [4.78, 5) is 12.1. The number of hydrogen-bond donors (Lipinski definition) is 1. The molecule has 1 heterocycles. The van der Waals surface area contributed by atoms with Crippen molar-refractivity contribution in [1.29, 1.82) is 0 Å². The Bertz CT molecular complexity index is 600. The number of tetrazole rings is 1. The van der Waals surface area contributed by atoms with E-state index >= 15 is 0 Å². The van der Waals surface area contributed by atoms with Gasteiger partial charge in [-0.2, -0.15) is 0 Å². The second-order valence-electron chi connectivity index (χ2n) is 6.12. The van der Waals surface area contributed by atoms with Crippen molar-refractivity contribution in [1.82, 2.24) is 25.5 Å². The molecule has 1 fully saturated rings. The highest BCUT2D eigenvalue weighted by Gasteiger charge is 2.19. The van der Waals surface area contributed by atoms with Gasteiger partial charge in [0.25, 0.3) is 0 Å². The molecule has 22 heavy (non-hydrogen) atoms. The molecule has 6 nitrogen and oxygen atoms in total. The van der Waals surface area contributed by atoms with Gasteiger partial charge in [-0.15, -0.1) is 5.10 Å². The average molecular weight is 299 g/mol. The summed E-state index contributed by atoms with van der Waals surface area (Å²) in [5.41, 5.74) is 1.88. The Balaban J connectivity index is 1.53. The van der Waals surface area contributed by atoms with Crippen molar-refractivity contribution in [2.45, 2.75) is 45.1 Å². The number of nitrogens with one attached hydrogen (secondary N) is 1. The third-order valence-corrected chi connectivity index (χ3v) is 4.30. The molecule has 0 atom stereocenters. The van der Waals surface area contributed by atoms with Crippen molar-refractivity contribution in [3.05, 3.63) is 36.2 Å². The SMILES string of the molecule is CC1CCC(NC(=O)Cc2ccc(-n3cnnn3)cc2)CC1. The van der Waals surface area contributed by atoms with E-state index in [1.807, 2.05) is 24.3 Å². The second kappa shape index (κ2) is 6.68. The third-order valence-electron chi connectivity index (χ3n) is 4.30. The number of carbonyl (C=O) groups is 1. The molecule has 0 saturated heterocycles. The first-order valence-electron chi connectivity index (χ1n) is 7.82. The zero-order chi connectivity index (χ0) is 15.4. The minimum absolute atomic E-state index is 0.106. The van der Waals surface area contributed by atoms with Crippen LogP contribution in [0.5, 0.6) is 0 Å². The van der Waals surface area contributed by atoms with Crippen molar-refractivity contribution in [2.75, 3.05) is 0 Å². The van der Waals surface area contributed by atoms with Crippen molar-refractivity contribution in [3.63, 3.8) is 0 Å². The lowest BCUT2D eigenvalue weighted by molar-refractivity contribution is -0.121. The summed E-state index contributed by atoms with van der Waals surface area (Å²) in [6.45, 7) is 2.28. The van der Waals surface area contributed by atoms with Crippen LogP contribution in [0.15, 0.2) is 30.6 Å². The molecule has 3 rings (SSSR count). The van der Waals surface area contributed by atoms with Crippen LogP contribution in [0.25, 0.3) is 5.69 Å². The Kier molecular flexibility index (Phi) is 4.46. The van der Waals surface area contributed by atoms with E-state index in [1.54, 1.807) is 11.0 Å². The number of amides is 1. The Morgan fingerprint density at radius 2 is 1.95 bits per heavy atom. The zero-order valence-corrected chi connectivity index (χ0v) is 12.8. The highest BCUT2D eigenvalue weighted by molar-refractivity contribution is 5.78. The second-order valence-corrected chi connectivity index (χ2v) is 6.12. The van der Waals surface area contributed by atoms with Crippen LogP contribution >= 0.6 is 0 Å². The molecule has 0 radical (unpaired) electrons. The molecule has 1 aromatic heterocycles. The molecular weight excluding hydrogens is 278 g/mol. The first-order chi connectivity index (χ1) is 10.7. The maximum absolute atomic E-state index is 12.1. The molecule has 0 bridgehead atoms. The number of rotatable bonds is 4. The number of benzene rings is 1. The molecule has 1 saturated carbocycles. The monoisotopic (exact) mass is 299 g/mol. The van der Waals surface area contributed by atoms with Gasteiger partial charge >= 0.3 is 0 Å². The first kappa shape index (κ1) is 14.7. The third kappa shape index (κ3) is 3.69. The number of aromatic nitrogens is 4. The van der Waals surface area contributed by atoms with Crippen LogP contribution in [0.2, 0.25) is 0 Å². The maximum atomic E-state index is 12.1. The van der Waals surface area contributed by atoms with E-state index in [2.05, 4.69) is 27.8 Å². The van der Waals surface area contributed by atoms with E-state index in [9.17, 15) is 4.79 Å². The van der Waals surface area contributed by atoms with E-state index in [1.165, 1.54) is 12.8 Å². The summed E-state index contributed by atoms with van der Waals surface area (Å²) in [6.07, 6.45) is 6.60. The molecule has 0 aliphatic heterocycles. The predicted molar refractivity (Wildman–Crippen MR) is 82.4 cm³/mol. The van der Waals surface area contributed by atoms with Crippen molar-refractivity contribution < 1.29 is 4.79 Å². The Morgan fingerprint density at radius 3 is 2.59 bits per heavy atom. The lowest BCUT2D eigenvalue weighted by atomic mass is 9.87. The van der Waals surface area contributed by atoms with Crippen LogP contribution in [0.4, 0.5) is 0 Å². The van der Waals surface area contributed by atoms with Gasteiger partial charge in [0.1, 0.15) is 6.33 Å². The number of nitrogens with zero attached hydrogens (tertiary/aromatic N) is 4. The van der Waals surface area contributed by atoms with Gasteiger partial charge in [0.2, 0.25) is 5.91 Å². The Hall–Kier alpha value is -2.24. The molecule has 1 aliphatic carbocycles. The van der Waals surface area contributed by atoms with Crippen molar-refractivity contribution in [3.8, 4) is 5.69 Å². The van der Waals surface area contributed by atoms with E-state index in [-0.39, 0.29) is 5.91 Å². The van der Waals surface area contributed by atoms with Crippen LogP contribution in [0.3, 0.4) is 0 Å². The summed E-state index contributed by atoms with van der Waals surface area (Å²) in [6, 6.07) is 8.07. The van der Waals surface area contributed by atoms with Gasteiger partial charge in [0.15, 0.2) is 0 Å². The first-order valence-corrected chi connectivity index (χ1v) is 7.82. The van der Waals surface area contributed by atoms with Crippen LogP contribution in [-0.2, 0) is 11.2 Å². The molecule has 1 aliphatic rings. The van der Waals surface area contributed by atoms with Gasteiger partial charge in [-0.25, -0.2) is 4.68 Å². The van der Waals surface area contributed by atoms with E-state index in [0.717, 1.165) is 30.0 Å². The molecule has 116 valence electrons. The molecule has 1 amide bonds. The average Bonchev–Trinajstić information content (AvgIpc) is 3.05. The highest BCUT2D eigenvalue weighted by Crippen LogP contribution is 2.23. The molecular formula is C16H21N5O. The fraction of sp³-hybridized carbons (Fsp3) is 0.500. The van der Waals surface area contributed by atoms with E-state index < -0.39 is 0 Å². The summed E-state index contributed by atoms with van der Waals surface area (Å²) in [5, 5.41) is 14.2. The number of carbonyl (C=O) groups excluding carboxylic acids is 1. The van der Waals surface area contributed by atoms with Gasteiger partial charge < -0.3 is 5.32 Å². The normalized spacial score (nSPS) is 21.5. The van der Waals surface area contributed by atoms with Crippen molar-refractivity contribution in [2.24, 2.45) is 5.92 Å². The minimum Gasteiger partial charge on any atom is -0.353 e. The number of hydrogen-bond acceptors (Lipinski definition) is 4. The van der Waals surface area contributed by atoms with Crippen LogP contribution in [0.1, 0.15) is 38.2 Å². The zero-order valence-electron chi connectivity index (χ0n) is 12.8. The maximum Gasteiger partial charge on any atom is 0.224 e. The summed E-state index contributed by atoms with van der Waals surface area (Å²) in [7, 11) is 0. The van der Waals surface area contributed by atoms with Crippen LogP contribution in [0, 0.1) is 5.92 Å². The Morgan fingerprint density at radius 1 is 1.23 bits per heavy atom. The fourth-order valence-electron chi connectivity index (χ4n) is 2.91. The lowest BCUT2D eigenvalue weighted by Crippen LogP contribution is -2.38. The predicted octanol–water partition coefficient (Wildman–Crippen LogP) is 1.90. The largest absolute Gasteiger partial charge is 0.353 e. The smallest absolute Gasteiger partial charge is 0.224 e. The van der Waals surface area contributed by atoms with Gasteiger partial charge in [-0.05, 0) is 59.7 Å². The van der Waals surface area contributed by atoms with Gasteiger partial charge in [0, 0.05) is 6.04 Å². The van der Waals surface area contributed by atoms with Gasteiger partial charge in [0.05, 0.1) is 12.1 Å². The molecule has 2 aromatic rings. The molecule has 0 spiro atoms. The van der Waals surface area contributed by atoms with Gasteiger partial charge in [-0.1, -0.05) is 19.1 Å². The molecule has 6 heteroatoms. The lowest BCUT2D eigenvalue weighted by Gasteiger charge is -2.26. The molecule has 1 N–H and O–H groups in total. The fourth-order valence-corrected chi connectivity index (χ4v) is 2.91. The standard InChI is InChI=1S/C16H21N5O/c1-12-2-6-14(7-3-12)18-16(22)10-13-4-8-15(9-5-13)21-11-17-19-20-21/h4-5,8-9,11-12,14H,2-3,6-7,10H2,1H3,(H,18,22). The Labute approximate surface area is 129 Å². The van der Waals surface area contributed by atoms with E-state index in [0.29, 0.717) is 12.5 Å². The molecule has 1 aromatic carbocycles. The van der Waals surface area contributed by atoms with Crippen LogP contribution in [-0.4, -0.2) is 32.2 Å².